The molecule has 8 nitrogen and oxygen atoms in total. The quantitative estimate of drug-likeness (QED) is 0.702. The van der Waals surface area contributed by atoms with E-state index in [0.717, 1.165) is 5.56 Å². The van der Waals surface area contributed by atoms with Crippen molar-refractivity contribution in [1.29, 1.82) is 0 Å². The third-order valence-corrected chi connectivity index (χ3v) is 4.62. The summed E-state index contributed by atoms with van der Waals surface area (Å²) in [5.74, 6) is 0.505. The summed E-state index contributed by atoms with van der Waals surface area (Å²) in [6, 6.07) is 7.00. The molecule has 0 aliphatic carbocycles. The number of likely N-dealkylation sites (N-methyl/N-ethyl adjacent to an activating group) is 1. The first-order chi connectivity index (χ1) is 12.3. The highest BCUT2D eigenvalue weighted by Gasteiger charge is 2.20. The number of rotatable bonds is 5. The molecule has 0 saturated carbocycles. The van der Waals surface area contributed by atoms with E-state index < -0.39 is 11.2 Å². The van der Waals surface area contributed by atoms with Gasteiger partial charge < -0.3 is 14.6 Å². The van der Waals surface area contributed by atoms with Crippen LogP contribution in [0.4, 0.5) is 5.95 Å². The molecule has 0 fully saturated rings. The predicted molar refractivity (Wildman–Crippen MR) is 101 cm³/mol. The third-order valence-electron chi connectivity index (χ3n) is 4.37. The molecule has 1 aromatic carbocycles. The number of nitrogens with zero attached hydrogens (tertiary/aromatic N) is 5. The number of aryl methyl sites for hydroxylation is 2. The highest BCUT2D eigenvalue weighted by molar-refractivity contribution is 6.30. The first-order valence-electron chi connectivity index (χ1n) is 8.07. The molecule has 0 bridgehead atoms. The Balaban J connectivity index is 2.19. The molecule has 0 atom stereocenters. The van der Waals surface area contributed by atoms with Gasteiger partial charge in [-0.2, -0.15) is 4.98 Å². The molecule has 0 unspecified atom stereocenters. The van der Waals surface area contributed by atoms with Crippen LogP contribution in [-0.4, -0.2) is 44.0 Å². The summed E-state index contributed by atoms with van der Waals surface area (Å²) in [5, 5.41) is 9.73. The average molecular weight is 378 g/mol. The molecule has 0 radical (unpaired) electrons. The van der Waals surface area contributed by atoms with Gasteiger partial charge in [-0.3, -0.25) is 13.9 Å². The molecule has 0 spiro atoms. The molecule has 0 aliphatic rings. The zero-order chi connectivity index (χ0) is 19.0. The number of anilines is 1. The molecule has 26 heavy (non-hydrogen) atoms. The van der Waals surface area contributed by atoms with Gasteiger partial charge in [0.25, 0.3) is 5.56 Å². The predicted octanol–water partition coefficient (Wildman–Crippen LogP) is 0.564. The molecule has 9 heteroatoms. The maximum atomic E-state index is 13.0. The first-order valence-corrected chi connectivity index (χ1v) is 8.45. The first kappa shape index (κ1) is 18.2. The summed E-state index contributed by atoms with van der Waals surface area (Å²) in [4.78, 5) is 31.8. The Morgan fingerprint density at radius 2 is 1.81 bits per heavy atom. The van der Waals surface area contributed by atoms with Gasteiger partial charge in [0.05, 0.1) is 13.2 Å². The monoisotopic (exact) mass is 377 g/mol. The minimum absolute atomic E-state index is 0.0422. The number of aliphatic hydroxyl groups excluding tert-OH is 1. The van der Waals surface area contributed by atoms with Crippen LogP contribution in [0, 0.1) is 0 Å². The van der Waals surface area contributed by atoms with Gasteiger partial charge in [0.2, 0.25) is 5.95 Å². The lowest BCUT2D eigenvalue weighted by Crippen LogP contribution is -2.39. The molecule has 2 aromatic heterocycles. The summed E-state index contributed by atoms with van der Waals surface area (Å²) in [6.45, 7) is 0.467. The topological polar surface area (TPSA) is 85.3 Å². The standard InChI is InChI=1S/C17H20ClN5O3/c1-20(8-9-24)16-19-14-13(21(16)2)15(25)23(17(26)22(14)3)10-11-4-6-12(18)7-5-11/h4-7,24H,8-10H2,1-3H3. The normalized spacial score (nSPS) is 11.3. The molecule has 3 rings (SSSR count). The van der Waals surface area contributed by atoms with Crippen molar-refractivity contribution in [2.75, 3.05) is 25.1 Å². The second kappa shape index (κ2) is 6.97. The zero-order valence-electron chi connectivity index (χ0n) is 14.8. The van der Waals surface area contributed by atoms with Crippen molar-refractivity contribution < 1.29 is 5.11 Å². The highest BCUT2D eigenvalue weighted by Crippen LogP contribution is 2.16. The Morgan fingerprint density at radius 1 is 1.15 bits per heavy atom. The fourth-order valence-corrected chi connectivity index (χ4v) is 3.06. The molecular weight excluding hydrogens is 358 g/mol. The van der Waals surface area contributed by atoms with Gasteiger partial charge in [0.1, 0.15) is 0 Å². The van der Waals surface area contributed by atoms with Crippen LogP contribution < -0.4 is 16.1 Å². The third kappa shape index (κ3) is 3.02. The summed E-state index contributed by atoms with van der Waals surface area (Å²) in [6.07, 6.45) is 0. The summed E-state index contributed by atoms with van der Waals surface area (Å²) in [7, 11) is 5.07. The average Bonchev–Trinajstić information content (AvgIpc) is 2.96. The SMILES string of the molecule is CN(CCO)c1nc2c(c(=O)n(Cc3ccc(Cl)cc3)c(=O)n2C)n1C. The molecule has 0 amide bonds. The largest absolute Gasteiger partial charge is 0.395 e. The van der Waals surface area contributed by atoms with E-state index in [-0.39, 0.29) is 13.2 Å². The molecule has 3 aromatic rings. The van der Waals surface area contributed by atoms with Gasteiger partial charge in [0.15, 0.2) is 11.2 Å². The van der Waals surface area contributed by atoms with Crippen molar-refractivity contribution >= 4 is 28.7 Å². The van der Waals surface area contributed by atoms with Gasteiger partial charge in [-0.05, 0) is 17.7 Å². The maximum Gasteiger partial charge on any atom is 0.332 e. The minimum Gasteiger partial charge on any atom is -0.395 e. The fourth-order valence-electron chi connectivity index (χ4n) is 2.94. The van der Waals surface area contributed by atoms with E-state index in [1.54, 1.807) is 54.9 Å². The van der Waals surface area contributed by atoms with E-state index in [9.17, 15) is 9.59 Å². The van der Waals surface area contributed by atoms with Gasteiger partial charge in [-0.15, -0.1) is 0 Å². The lowest BCUT2D eigenvalue weighted by Gasteiger charge is -2.16. The van der Waals surface area contributed by atoms with Crippen LogP contribution in [0.3, 0.4) is 0 Å². The highest BCUT2D eigenvalue weighted by atomic mass is 35.5. The number of hydrogen-bond acceptors (Lipinski definition) is 5. The Bertz CT molecular complexity index is 1070. The molecule has 0 aliphatic heterocycles. The second-order valence-electron chi connectivity index (χ2n) is 6.15. The maximum absolute atomic E-state index is 13.0. The lowest BCUT2D eigenvalue weighted by atomic mass is 10.2. The second-order valence-corrected chi connectivity index (χ2v) is 6.58. The number of aliphatic hydroxyl groups is 1. The zero-order valence-corrected chi connectivity index (χ0v) is 15.6. The van der Waals surface area contributed by atoms with E-state index in [0.29, 0.717) is 28.7 Å². The number of fused-ring (bicyclic) bond motifs is 1. The number of imidazole rings is 1. The van der Waals surface area contributed by atoms with Crippen LogP contribution in [0.5, 0.6) is 0 Å². The lowest BCUT2D eigenvalue weighted by molar-refractivity contribution is 0.303. The van der Waals surface area contributed by atoms with Gasteiger partial charge in [0, 0.05) is 32.7 Å². The van der Waals surface area contributed by atoms with Crippen molar-refractivity contribution in [2.45, 2.75) is 6.54 Å². The summed E-state index contributed by atoms with van der Waals surface area (Å²) in [5.41, 5.74) is 0.604. The van der Waals surface area contributed by atoms with Gasteiger partial charge >= 0.3 is 5.69 Å². The smallest absolute Gasteiger partial charge is 0.332 e. The van der Waals surface area contributed by atoms with Crippen molar-refractivity contribution in [3.63, 3.8) is 0 Å². The molecule has 1 N–H and O–H groups in total. The van der Waals surface area contributed by atoms with Crippen LogP contribution >= 0.6 is 11.6 Å². The number of benzene rings is 1. The summed E-state index contributed by atoms with van der Waals surface area (Å²) >= 11 is 5.89. The molecular formula is C17H20ClN5O3. The molecule has 0 saturated heterocycles. The number of halogens is 1. The van der Waals surface area contributed by atoms with Crippen molar-refractivity contribution in [3.05, 3.63) is 55.7 Å². The van der Waals surface area contributed by atoms with E-state index >= 15 is 0 Å². The van der Waals surface area contributed by atoms with Crippen molar-refractivity contribution in [3.8, 4) is 0 Å². The van der Waals surface area contributed by atoms with E-state index in [4.69, 9.17) is 16.7 Å². The van der Waals surface area contributed by atoms with E-state index in [2.05, 4.69) is 4.98 Å². The fraction of sp³-hybridized carbons (Fsp3) is 0.353. The van der Waals surface area contributed by atoms with Crippen LogP contribution in [0.1, 0.15) is 5.56 Å². The van der Waals surface area contributed by atoms with E-state index in [1.165, 1.54) is 9.13 Å². The van der Waals surface area contributed by atoms with Crippen LogP contribution in [0.2, 0.25) is 5.02 Å². The Hall–Kier alpha value is -2.58. The summed E-state index contributed by atoms with van der Waals surface area (Å²) < 4.78 is 4.19. The number of hydrogen-bond donors (Lipinski definition) is 1. The van der Waals surface area contributed by atoms with E-state index in [1.807, 2.05) is 0 Å². The molecule has 138 valence electrons. The van der Waals surface area contributed by atoms with Crippen LogP contribution in [0.25, 0.3) is 11.2 Å². The minimum atomic E-state index is -0.438. The van der Waals surface area contributed by atoms with Crippen molar-refractivity contribution in [2.24, 2.45) is 14.1 Å². The van der Waals surface area contributed by atoms with Crippen LogP contribution in [0.15, 0.2) is 33.9 Å². The van der Waals surface area contributed by atoms with Crippen LogP contribution in [-0.2, 0) is 20.6 Å². The van der Waals surface area contributed by atoms with Gasteiger partial charge in [-0.25, -0.2) is 4.79 Å². The Morgan fingerprint density at radius 3 is 2.42 bits per heavy atom. The Kier molecular flexibility index (Phi) is 4.88. The van der Waals surface area contributed by atoms with Crippen molar-refractivity contribution in [1.82, 2.24) is 18.7 Å². The van der Waals surface area contributed by atoms with Gasteiger partial charge in [-0.1, -0.05) is 23.7 Å². The number of aromatic nitrogens is 4. The Labute approximate surface area is 154 Å². The molecule has 2 heterocycles.